The van der Waals surface area contributed by atoms with Crippen LogP contribution in [0.3, 0.4) is 0 Å². The number of aliphatic hydroxyl groups excluding tert-OH is 2. The second-order valence-electron chi connectivity index (χ2n) is 14.4. The van der Waals surface area contributed by atoms with Gasteiger partial charge in [0.15, 0.2) is 5.82 Å². The average Bonchev–Trinajstić information content (AvgIpc) is 3.49. The first-order valence-corrected chi connectivity index (χ1v) is 17.1. The van der Waals surface area contributed by atoms with Crippen molar-refractivity contribution in [3.63, 3.8) is 0 Å². The van der Waals surface area contributed by atoms with Crippen LogP contribution in [0.15, 0.2) is 40.0 Å². The first kappa shape index (κ1) is 32.2. The van der Waals surface area contributed by atoms with Crippen molar-refractivity contribution < 1.29 is 24.3 Å². The molecule has 1 aromatic rings. The SMILES string of the molecule is C=C1/C(=C\C=C2/CCC[C@]3(C)[C@@H]([C@H](C)CC[C@H](OC(=O)CCC)C4(c5nc(CCC)no5)CC4)CC[C@@H]23)C[C@@H](O)C[C@@H]1O. The Balaban J connectivity index is 1.28. The van der Waals surface area contributed by atoms with Crippen molar-refractivity contribution in [1.29, 1.82) is 0 Å². The van der Waals surface area contributed by atoms with Crippen LogP contribution in [0.4, 0.5) is 0 Å². The van der Waals surface area contributed by atoms with Gasteiger partial charge >= 0.3 is 5.97 Å². The lowest BCUT2D eigenvalue weighted by Gasteiger charge is -2.44. The smallest absolute Gasteiger partial charge is 0.306 e. The third-order valence-corrected chi connectivity index (χ3v) is 11.4. The third-order valence-electron chi connectivity index (χ3n) is 11.4. The van der Waals surface area contributed by atoms with E-state index in [0.29, 0.717) is 42.9 Å². The lowest BCUT2D eigenvalue weighted by molar-refractivity contribution is -0.152. The van der Waals surface area contributed by atoms with Crippen LogP contribution >= 0.6 is 0 Å². The van der Waals surface area contributed by atoms with Crippen molar-refractivity contribution in [2.24, 2.45) is 23.2 Å². The van der Waals surface area contributed by atoms with Gasteiger partial charge in [0.05, 0.1) is 17.6 Å². The van der Waals surface area contributed by atoms with Crippen LogP contribution in [0.2, 0.25) is 0 Å². The summed E-state index contributed by atoms with van der Waals surface area (Å²) >= 11 is 0. The number of hydrogen-bond donors (Lipinski definition) is 2. The summed E-state index contributed by atoms with van der Waals surface area (Å²) in [7, 11) is 0. The summed E-state index contributed by atoms with van der Waals surface area (Å²) in [5.41, 5.74) is 3.17. The average molecular weight is 595 g/mol. The fourth-order valence-electron chi connectivity index (χ4n) is 8.75. The Morgan fingerprint density at radius 3 is 2.67 bits per heavy atom. The minimum Gasteiger partial charge on any atom is -0.461 e. The third kappa shape index (κ3) is 6.73. The molecular weight excluding hydrogens is 540 g/mol. The van der Waals surface area contributed by atoms with Gasteiger partial charge in [-0.3, -0.25) is 4.79 Å². The first-order chi connectivity index (χ1) is 20.6. The number of aromatic nitrogens is 2. The van der Waals surface area contributed by atoms with Gasteiger partial charge < -0.3 is 19.5 Å². The van der Waals surface area contributed by atoms with Gasteiger partial charge in [-0.05, 0) is 111 Å². The van der Waals surface area contributed by atoms with Crippen LogP contribution in [0, 0.1) is 23.2 Å². The number of allylic oxidation sites excluding steroid dienone is 3. The lowest BCUT2D eigenvalue weighted by Crippen LogP contribution is -2.37. The molecule has 0 aromatic carbocycles. The number of aliphatic hydroxyl groups is 2. The molecule has 1 heterocycles. The van der Waals surface area contributed by atoms with Crippen LogP contribution in [-0.4, -0.2) is 44.6 Å². The fourth-order valence-corrected chi connectivity index (χ4v) is 8.75. The monoisotopic (exact) mass is 594 g/mol. The Hall–Kier alpha value is -2.25. The standard InChI is InChI=1S/C36H54N2O5/c1-6-9-32-37-34(43-38-32)36(19-20-36)31(42-33(41)10-7-2)17-12-23(3)28-15-16-29-25(11-8-18-35(28,29)5)13-14-26-21-27(39)22-30(40)24(26)4/h13-14,23,27-31,39-40H,4,6-12,15-22H2,1-3,5H3/b25-13+,26-14-/t23-,27-,28-,29+,30+,31+,35-/m1/s1. The van der Waals surface area contributed by atoms with Gasteiger partial charge in [-0.25, -0.2) is 0 Å². The second kappa shape index (κ2) is 13.4. The van der Waals surface area contributed by atoms with E-state index in [1.807, 2.05) is 6.92 Å². The van der Waals surface area contributed by atoms with Gasteiger partial charge in [0.2, 0.25) is 5.89 Å². The quantitative estimate of drug-likeness (QED) is 0.244. The molecule has 4 aliphatic carbocycles. The highest BCUT2D eigenvalue weighted by atomic mass is 16.5. The number of carbonyl (C=O) groups is 1. The molecule has 0 unspecified atom stereocenters. The molecule has 4 aliphatic rings. The van der Waals surface area contributed by atoms with Crippen LogP contribution in [0.1, 0.15) is 129 Å². The van der Waals surface area contributed by atoms with E-state index < -0.39 is 12.2 Å². The Kier molecular flexibility index (Phi) is 10.0. The van der Waals surface area contributed by atoms with Crippen LogP contribution in [0.25, 0.3) is 0 Å². The number of hydrogen-bond acceptors (Lipinski definition) is 7. The largest absolute Gasteiger partial charge is 0.461 e. The molecule has 4 fully saturated rings. The molecule has 0 amide bonds. The zero-order valence-electron chi connectivity index (χ0n) is 26.9. The molecule has 5 rings (SSSR count). The van der Waals surface area contributed by atoms with Gasteiger partial charge in [-0.1, -0.05) is 57.2 Å². The van der Waals surface area contributed by atoms with E-state index in [-0.39, 0.29) is 22.9 Å². The Morgan fingerprint density at radius 1 is 1.16 bits per heavy atom. The van der Waals surface area contributed by atoms with E-state index in [0.717, 1.165) is 68.3 Å². The van der Waals surface area contributed by atoms with Crippen molar-refractivity contribution >= 4 is 5.97 Å². The van der Waals surface area contributed by atoms with Crippen molar-refractivity contribution in [3.05, 3.63) is 47.2 Å². The summed E-state index contributed by atoms with van der Waals surface area (Å²) in [6.45, 7) is 13.1. The highest BCUT2D eigenvalue weighted by Gasteiger charge is 2.57. The molecule has 0 radical (unpaired) electrons. The van der Waals surface area contributed by atoms with Gasteiger partial charge in [0, 0.05) is 19.3 Å². The van der Waals surface area contributed by atoms with E-state index in [2.05, 4.69) is 44.7 Å². The molecule has 2 N–H and O–H groups in total. The molecular formula is C36H54N2O5. The number of rotatable bonds is 12. The predicted molar refractivity (Wildman–Crippen MR) is 167 cm³/mol. The van der Waals surface area contributed by atoms with E-state index in [4.69, 9.17) is 14.2 Å². The Labute approximate surface area is 258 Å². The van der Waals surface area contributed by atoms with E-state index >= 15 is 0 Å². The van der Waals surface area contributed by atoms with Crippen molar-refractivity contribution in [2.75, 3.05) is 0 Å². The topological polar surface area (TPSA) is 106 Å². The number of aryl methyl sites for hydroxylation is 1. The zero-order valence-corrected chi connectivity index (χ0v) is 26.9. The molecule has 7 nitrogen and oxygen atoms in total. The van der Waals surface area contributed by atoms with Crippen LogP contribution in [0.5, 0.6) is 0 Å². The predicted octanol–water partition coefficient (Wildman–Crippen LogP) is 7.32. The number of carbonyl (C=O) groups excluding carboxylic acids is 1. The number of nitrogens with zero attached hydrogens (tertiary/aromatic N) is 2. The fraction of sp³-hybridized carbons (Fsp3) is 0.750. The molecule has 0 spiro atoms. The first-order valence-electron chi connectivity index (χ1n) is 17.1. The zero-order chi connectivity index (χ0) is 30.8. The van der Waals surface area contributed by atoms with E-state index in [1.54, 1.807) is 0 Å². The van der Waals surface area contributed by atoms with Crippen molar-refractivity contribution in [2.45, 2.75) is 148 Å². The highest BCUT2D eigenvalue weighted by Crippen LogP contribution is 2.60. The van der Waals surface area contributed by atoms with Crippen LogP contribution in [-0.2, 0) is 21.4 Å². The number of esters is 1. The van der Waals surface area contributed by atoms with Crippen molar-refractivity contribution in [1.82, 2.24) is 10.1 Å². The van der Waals surface area contributed by atoms with Gasteiger partial charge in [0.25, 0.3) is 0 Å². The lowest BCUT2D eigenvalue weighted by atomic mass is 9.60. The van der Waals surface area contributed by atoms with E-state index in [1.165, 1.54) is 31.3 Å². The normalized spacial score (nSPS) is 33.4. The molecule has 7 heteroatoms. The maximum absolute atomic E-state index is 12.7. The minimum absolute atomic E-state index is 0.121. The molecule has 0 bridgehead atoms. The highest BCUT2D eigenvalue weighted by molar-refractivity contribution is 5.69. The molecule has 1 aromatic heterocycles. The number of ether oxygens (including phenoxy) is 1. The van der Waals surface area contributed by atoms with Crippen molar-refractivity contribution in [3.8, 4) is 0 Å². The summed E-state index contributed by atoms with van der Waals surface area (Å²) in [4.78, 5) is 17.5. The van der Waals surface area contributed by atoms with Gasteiger partial charge in [-0.15, -0.1) is 0 Å². The maximum atomic E-state index is 12.7. The van der Waals surface area contributed by atoms with E-state index in [9.17, 15) is 15.0 Å². The second-order valence-corrected chi connectivity index (χ2v) is 14.4. The summed E-state index contributed by atoms with van der Waals surface area (Å²) in [6, 6.07) is 0. The molecule has 4 saturated carbocycles. The van der Waals surface area contributed by atoms with Crippen LogP contribution < -0.4 is 0 Å². The summed E-state index contributed by atoms with van der Waals surface area (Å²) < 4.78 is 12.0. The number of fused-ring (bicyclic) bond motifs is 1. The summed E-state index contributed by atoms with van der Waals surface area (Å²) in [6.07, 6.45) is 16.6. The Morgan fingerprint density at radius 2 is 1.95 bits per heavy atom. The van der Waals surface area contributed by atoms with Gasteiger partial charge in [0.1, 0.15) is 6.10 Å². The summed E-state index contributed by atoms with van der Waals surface area (Å²) in [5.74, 6) is 2.96. The molecule has 238 valence electrons. The minimum atomic E-state index is -0.653. The summed E-state index contributed by atoms with van der Waals surface area (Å²) in [5, 5.41) is 24.7. The Bertz CT molecular complexity index is 1210. The molecule has 0 saturated heterocycles. The maximum Gasteiger partial charge on any atom is 0.306 e. The molecule has 0 aliphatic heterocycles. The molecule has 7 atom stereocenters. The van der Waals surface area contributed by atoms with Gasteiger partial charge in [-0.2, -0.15) is 4.98 Å². The molecule has 43 heavy (non-hydrogen) atoms.